The van der Waals surface area contributed by atoms with E-state index in [4.69, 9.17) is 4.74 Å². The molecule has 9 nitrogen and oxygen atoms in total. The van der Waals surface area contributed by atoms with Crippen LogP contribution in [0.5, 0.6) is 0 Å². The van der Waals surface area contributed by atoms with E-state index in [2.05, 4.69) is 5.32 Å². The van der Waals surface area contributed by atoms with Crippen LogP contribution in [0.2, 0.25) is 0 Å². The number of ether oxygens (including phenoxy) is 1. The van der Waals surface area contributed by atoms with Gasteiger partial charge in [-0.25, -0.2) is 16.8 Å². The molecule has 2 saturated heterocycles. The minimum absolute atomic E-state index is 0.0567. The number of nitrogens with zero attached hydrogens (tertiary/aromatic N) is 2. The first-order valence-electron chi connectivity index (χ1n) is 10.8. The zero-order valence-corrected chi connectivity index (χ0v) is 19.7. The number of sulfonamides is 2. The Morgan fingerprint density at radius 2 is 1.52 bits per heavy atom. The van der Waals surface area contributed by atoms with Crippen molar-refractivity contribution in [3.63, 3.8) is 0 Å². The first-order chi connectivity index (χ1) is 15.8. The monoisotopic (exact) mass is 493 g/mol. The Morgan fingerprint density at radius 3 is 2.09 bits per heavy atom. The minimum Gasteiger partial charge on any atom is -0.376 e. The second-order valence-electron chi connectivity index (χ2n) is 8.00. The SMILES string of the molecule is O=C(NCC1CCCO1)C1CN(S(=O)(=O)c2ccccc2)CCN1S(=O)(=O)c1ccccc1. The molecule has 0 saturated carbocycles. The molecule has 2 fully saturated rings. The molecular weight excluding hydrogens is 466 g/mol. The first kappa shape index (κ1) is 23.8. The second-order valence-corrected chi connectivity index (χ2v) is 11.8. The zero-order chi connectivity index (χ0) is 23.5. The van der Waals surface area contributed by atoms with Crippen molar-refractivity contribution < 1.29 is 26.4 Å². The third kappa shape index (κ3) is 5.12. The van der Waals surface area contributed by atoms with E-state index in [1.165, 1.54) is 28.6 Å². The molecule has 0 aliphatic carbocycles. The standard InChI is InChI=1S/C22H27N3O6S2/c26-22(23-16-18-8-7-15-31-18)21-17-24(32(27,28)19-9-3-1-4-10-19)13-14-25(21)33(29,30)20-11-5-2-6-12-20/h1-6,9-12,18,21H,7-8,13-17H2,(H,23,26). The van der Waals surface area contributed by atoms with Crippen LogP contribution >= 0.6 is 0 Å². The number of hydrogen-bond donors (Lipinski definition) is 1. The molecule has 2 atom stereocenters. The highest BCUT2D eigenvalue weighted by Crippen LogP contribution is 2.25. The Balaban J connectivity index is 1.61. The first-order valence-corrected chi connectivity index (χ1v) is 13.7. The molecule has 33 heavy (non-hydrogen) atoms. The van der Waals surface area contributed by atoms with Gasteiger partial charge in [0.25, 0.3) is 0 Å². The van der Waals surface area contributed by atoms with Gasteiger partial charge in [-0.1, -0.05) is 36.4 Å². The van der Waals surface area contributed by atoms with Crippen molar-refractivity contribution in [2.24, 2.45) is 0 Å². The third-order valence-electron chi connectivity index (χ3n) is 5.86. The number of rotatable bonds is 7. The van der Waals surface area contributed by atoms with Crippen LogP contribution in [0, 0.1) is 0 Å². The number of carbonyl (C=O) groups is 1. The van der Waals surface area contributed by atoms with E-state index in [1.807, 2.05) is 0 Å². The van der Waals surface area contributed by atoms with Crippen LogP contribution in [0.15, 0.2) is 70.5 Å². The minimum atomic E-state index is -4.01. The lowest BCUT2D eigenvalue weighted by Crippen LogP contribution is -2.61. The maximum atomic E-state index is 13.3. The Bertz CT molecular complexity index is 1170. The van der Waals surface area contributed by atoms with E-state index < -0.39 is 32.0 Å². The van der Waals surface area contributed by atoms with Crippen molar-refractivity contribution in [3.05, 3.63) is 60.7 Å². The summed E-state index contributed by atoms with van der Waals surface area (Å²) in [5.41, 5.74) is 0. The van der Waals surface area contributed by atoms with Crippen molar-refractivity contribution in [2.45, 2.75) is 34.8 Å². The summed E-state index contributed by atoms with van der Waals surface area (Å²) >= 11 is 0. The number of benzene rings is 2. The lowest BCUT2D eigenvalue weighted by molar-refractivity contribution is -0.126. The molecule has 2 aromatic carbocycles. The predicted octanol–water partition coefficient (Wildman–Crippen LogP) is 1.05. The second kappa shape index (κ2) is 9.90. The summed E-state index contributed by atoms with van der Waals surface area (Å²) in [6, 6.07) is 14.6. The molecule has 11 heteroatoms. The molecule has 0 bridgehead atoms. The topological polar surface area (TPSA) is 113 Å². The van der Waals surface area contributed by atoms with Crippen LogP contribution in [0.1, 0.15) is 12.8 Å². The van der Waals surface area contributed by atoms with E-state index in [9.17, 15) is 21.6 Å². The fourth-order valence-corrected chi connectivity index (χ4v) is 7.12. The summed E-state index contributed by atoms with van der Waals surface area (Å²) in [6.07, 6.45) is 1.59. The van der Waals surface area contributed by atoms with Gasteiger partial charge >= 0.3 is 0 Å². The average Bonchev–Trinajstić information content (AvgIpc) is 3.37. The van der Waals surface area contributed by atoms with Crippen molar-refractivity contribution in [2.75, 3.05) is 32.8 Å². The molecule has 2 heterocycles. The van der Waals surface area contributed by atoms with Crippen LogP contribution < -0.4 is 5.32 Å². The van der Waals surface area contributed by atoms with Crippen LogP contribution in [-0.2, 0) is 29.6 Å². The Kier molecular flexibility index (Phi) is 7.15. The number of piperazine rings is 1. The largest absolute Gasteiger partial charge is 0.376 e. The van der Waals surface area contributed by atoms with E-state index in [0.29, 0.717) is 6.61 Å². The van der Waals surface area contributed by atoms with E-state index in [-0.39, 0.29) is 42.1 Å². The fraction of sp³-hybridized carbons (Fsp3) is 0.409. The van der Waals surface area contributed by atoms with E-state index in [0.717, 1.165) is 17.1 Å². The van der Waals surface area contributed by atoms with Gasteiger partial charge in [0.1, 0.15) is 6.04 Å². The Hall–Kier alpha value is -2.31. The Labute approximate surface area is 194 Å². The highest BCUT2D eigenvalue weighted by atomic mass is 32.2. The fourth-order valence-electron chi connectivity index (χ4n) is 4.07. The summed E-state index contributed by atoms with van der Waals surface area (Å²) in [5.74, 6) is -0.544. The van der Waals surface area contributed by atoms with Crippen molar-refractivity contribution in [3.8, 4) is 0 Å². The molecule has 0 spiro atoms. The van der Waals surface area contributed by atoms with E-state index >= 15 is 0 Å². The van der Waals surface area contributed by atoms with Gasteiger partial charge in [-0.3, -0.25) is 4.79 Å². The smallest absolute Gasteiger partial charge is 0.243 e. The maximum Gasteiger partial charge on any atom is 0.243 e. The molecule has 2 aromatic rings. The van der Waals surface area contributed by atoms with Gasteiger partial charge in [0.2, 0.25) is 26.0 Å². The number of carbonyl (C=O) groups excluding carboxylic acids is 1. The molecule has 2 unspecified atom stereocenters. The normalized spacial score (nSPS) is 22.8. The van der Waals surface area contributed by atoms with Crippen LogP contribution in [-0.4, -0.2) is 76.3 Å². The summed E-state index contributed by atoms with van der Waals surface area (Å²) in [5, 5.41) is 2.77. The number of nitrogens with one attached hydrogen (secondary N) is 1. The van der Waals surface area contributed by atoms with Gasteiger partial charge in [0.15, 0.2) is 0 Å². The number of hydrogen-bond acceptors (Lipinski definition) is 6. The summed E-state index contributed by atoms with van der Waals surface area (Å²) < 4.78 is 60.8. The van der Waals surface area contributed by atoms with Gasteiger partial charge in [0, 0.05) is 32.8 Å². The summed E-state index contributed by atoms with van der Waals surface area (Å²) in [7, 11) is -7.89. The highest BCUT2D eigenvalue weighted by Gasteiger charge is 2.43. The van der Waals surface area contributed by atoms with Crippen molar-refractivity contribution >= 4 is 26.0 Å². The molecule has 2 aliphatic heterocycles. The van der Waals surface area contributed by atoms with Gasteiger partial charge in [-0.15, -0.1) is 0 Å². The van der Waals surface area contributed by atoms with Gasteiger partial charge in [-0.2, -0.15) is 8.61 Å². The lowest BCUT2D eigenvalue weighted by Gasteiger charge is -2.39. The summed E-state index contributed by atoms with van der Waals surface area (Å²) in [6.45, 7) is 0.405. The zero-order valence-electron chi connectivity index (χ0n) is 18.0. The van der Waals surface area contributed by atoms with Crippen molar-refractivity contribution in [1.29, 1.82) is 0 Å². The molecule has 4 rings (SSSR count). The molecule has 1 amide bonds. The predicted molar refractivity (Wildman–Crippen MR) is 121 cm³/mol. The molecule has 178 valence electrons. The van der Waals surface area contributed by atoms with Crippen LogP contribution in [0.3, 0.4) is 0 Å². The molecular formula is C22H27N3O6S2. The molecule has 0 radical (unpaired) electrons. The number of amides is 1. The molecule has 0 aromatic heterocycles. The maximum absolute atomic E-state index is 13.3. The Morgan fingerprint density at radius 1 is 0.909 bits per heavy atom. The van der Waals surface area contributed by atoms with Gasteiger partial charge < -0.3 is 10.1 Å². The van der Waals surface area contributed by atoms with E-state index in [1.54, 1.807) is 36.4 Å². The van der Waals surface area contributed by atoms with Gasteiger partial charge in [-0.05, 0) is 37.1 Å². The third-order valence-corrected chi connectivity index (χ3v) is 9.66. The van der Waals surface area contributed by atoms with Crippen LogP contribution in [0.4, 0.5) is 0 Å². The summed E-state index contributed by atoms with van der Waals surface area (Å²) in [4.78, 5) is 13.3. The lowest BCUT2D eigenvalue weighted by atomic mass is 10.2. The molecule has 2 aliphatic rings. The molecule has 1 N–H and O–H groups in total. The van der Waals surface area contributed by atoms with Gasteiger partial charge in [0.05, 0.1) is 15.9 Å². The quantitative estimate of drug-likeness (QED) is 0.617. The van der Waals surface area contributed by atoms with Crippen LogP contribution in [0.25, 0.3) is 0 Å². The van der Waals surface area contributed by atoms with Crippen molar-refractivity contribution in [1.82, 2.24) is 13.9 Å². The average molecular weight is 494 g/mol. The highest BCUT2D eigenvalue weighted by molar-refractivity contribution is 7.89.